The molecule has 5 nitrogen and oxygen atoms in total. The second-order valence-corrected chi connectivity index (χ2v) is 5.57. The Morgan fingerprint density at radius 3 is 2.46 bits per heavy atom. The number of rotatable bonds is 9. The Hall–Kier alpha value is -0.290. The average molecular weight is 466 g/mol. The molecule has 1 saturated heterocycles. The number of nitrogens with zero attached hydrogens (tertiary/aromatic N) is 2. The third-order valence-corrected chi connectivity index (χ3v) is 3.53. The maximum atomic E-state index is 12.1. The van der Waals surface area contributed by atoms with Gasteiger partial charge in [0.15, 0.2) is 5.96 Å². The monoisotopic (exact) mass is 466 g/mol. The minimum atomic E-state index is -4.06. The average Bonchev–Trinajstić information content (AvgIpc) is 2.51. The molecule has 0 bridgehead atoms. The molecule has 1 heterocycles. The lowest BCUT2D eigenvalue weighted by molar-refractivity contribution is -0.135. The molecule has 1 aliphatic rings. The lowest BCUT2D eigenvalue weighted by Gasteiger charge is -2.26. The van der Waals surface area contributed by atoms with E-state index in [1.54, 1.807) is 0 Å². The molecule has 0 spiro atoms. The first kappa shape index (κ1) is 23.7. The van der Waals surface area contributed by atoms with Gasteiger partial charge >= 0.3 is 6.18 Å². The summed E-state index contributed by atoms with van der Waals surface area (Å²) in [4.78, 5) is 6.82. The van der Waals surface area contributed by atoms with Gasteiger partial charge < -0.3 is 15.4 Å². The largest absolute Gasteiger partial charge is 0.389 e. The van der Waals surface area contributed by atoms with Crippen LogP contribution in [0.3, 0.4) is 0 Å². The second-order valence-electron chi connectivity index (χ2n) is 5.57. The van der Waals surface area contributed by atoms with Gasteiger partial charge in [-0.3, -0.25) is 9.89 Å². The van der Waals surface area contributed by atoms with Gasteiger partial charge in [-0.2, -0.15) is 13.2 Å². The molecular formula is C15H30F3IN4O. The lowest BCUT2D eigenvalue weighted by atomic mass is 10.2. The topological polar surface area (TPSA) is 48.9 Å². The highest BCUT2D eigenvalue weighted by atomic mass is 127. The van der Waals surface area contributed by atoms with Crippen LogP contribution in [-0.4, -0.2) is 69.5 Å². The van der Waals surface area contributed by atoms with Crippen LogP contribution in [-0.2, 0) is 4.74 Å². The zero-order chi connectivity index (χ0) is 17.0. The van der Waals surface area contributed by atoms with Crippen molar-refractivity contribution in [3.05, 3.63) is 0 Å². The number of morpholine rings is 1. The first-order chi connectivity index (χ1) is 11.0. The molecule has 24 heavy (non-hydrogen) atoms. The van der Waals surface area contributed by atoms with Crippen LogP contribution in [0.1, 0.15) is 32.6 Å². The van der Waals surface area contributed by atoms with E-state index in [0.717, 1.165) is 45.8 Å². The maximum absolute atomic E-state index is 12.1. The Bertz CT molecular complexity index is 337. The second kappa shape index (κ2) is 13.9. The van der Waals surface area contributed by atoms with Crippen molar-refractivity contribution < 1.29 is 17.9 Å². The Morgan fingerprint density at radius 2 is 1.83 bits per heavy atom. The first-order valence-corrected chi connectivity index (χ1v) is 8.40. The summed E-state index contributed by atoms with van der Waals surface area (Å²) in [5.74, 6) is 0.682. The molecular weight excluding hydrogens is 436 g/mol. The molecule has 0 aromatic heterocycles. The van der Waals surface area contributed by atoms with Crippen molar-refractivity contribution in [2.75, 3.05) is 52.5 Å². The molecule has 9 heteroatoms. The molecule has 1 fully saturated rings. The lowest BCUT2D eigenvalue weighted by Crippen LogP contribution is -2.38. The number of unbranched alkanes of at least 4 members (excludes halogenated alkanes) is 1. The number of hydrogen-bond acceptors (Lipinski definition) is 3. The number of ether oxygens (including phenoxy) is 1. The van der Waals surface area contributed by atoms with E-state index in [0.29, 0.717) is 25.5 Å². The van der Waals surface area contributed by atoms with Gasteiger partial charge in [0, 0.05) is 45.7 Å². The number of hydrogen-bond donors (Lipinski definition) is 2. The predicted molar refractivity (Wildman–Crippen MR) is 101 cm³/mol. The molecule has 0 unspecified atom stereocenters. The van der Waals surface area contributed by atoms with Crippen molar-refractivity contribution in [2.24, 2.45) is 4.99 Å². The van der Waals surface area contributed by atoms with Crippen LogP contribution in [0.5, 0.6) is 0 Å². The van der Waals surface area contributed by atoms with E-state index in [-0.39, 0.29) is 30.4 Å². The summed E-state index contributed by atoms with van der Waals surface area (Å²) in [5, 5.41) is 6.19. The Balaban J connectivity index is 0.00000529. The summed E-state index contributed by atoms with van der Waals surface area (Å²) >= 11 is 0. The molecule has 2 N–H and O–H groups in total. The normalized spacial score (nSPS) is 16.6. The molecule has 0 radical (unpaired) electrons. The van der Waals surface area contributed by atoms with Crippen LogP contribution >= 0.6 is 24.0 Å². The fourth-order valence-corrected chi connectivity index (χ4v) is 2.31. The smallest absolute Gasteiger partial charge is 0.379 e. The highest BCUT2D eigenvalue weighted by Crippen LogP contribution is 2.21. The van der Waals surface area contributed by atoms with Crippen molar-refractivity contribution in [1.29, 1.82) is 0 Å². The van der Waals surface area contributed by atoms with Gasteiger partial charge in [-0.1, -0.05) is 0 Å². The number of alkyl halides is 3. The van der Waals surface area contributed by atoms with Crippen molar-refractivity contribution in [3.63, 3.8) is 0 Å². The summed E-state index contributed by atoms with van der Waals surface area (Å²) in [7, 11) is 0. The summed E-state index contributed by atoms with van der Waals surface area (Å²) in [5.41, 5.74) is 0. The number of aliphatic imine (C=N–C) groups is 1. The minimum Gasteiger partial charge on any atom is -0.379 e. The van der Waals surface area contributed by atoms with E-state index < -0.39 is 12.6 Å². The Kier molecular flexibility index (Phi) is 13.8. The van der Waals surface area contributed by atoms with Gasteiger partial charge in [0.2, 0.25) is 0 Å². The van der Waals surface area contributed by atoms with Crippen molar-refractivity contribution in [2.45, 2.75) is 38.8 Å². The highest BCUT2D eigenvalue weighted by molar-refractivity contribution is 14.0. The van der Waals surface area contributed by atoms with E-state index in [9.17, 15) is 13.2 Å². The third-order valence-electron chi connectivity index (χ3n) is 3.53. The molecule has 0 saturated carbocycles. The van der Waals surface area contributed by atoms with Crippen molar-refractivity contribution in [3.8, 4) is 0 Å². The van der Waals surface area contributed by atoms with E-state index in [4.69, 9.17) is 4.74 Å². The Morgan fingerprint density at radius 1 is 1.12 bits per heavy atom. The molecule has 0 amide bonds. The highest BCUT2D eigenvalue weighted by Gasteiger charge is 2.25. The maximum Gasteiger partial charge on any atom is 0.389 e. The predicted octanol–water partition coefficient (Wildman–Crippen LogP) is 2.61. The van der Waals surface area contributed by atoms with E-state index in [1.165, 1.54) is 0 Å². The van der Waals surface area contributed by atoms with Crippen LogP contribution < -0.4 is 10.6 Å². The van der Waals surface area contributed by atoms with E-state index >= 15 is 0 Å². The van der Waals surface area contributed by atoms with Crippen LogP contribution in [0.15, 0.2) is 4.99 Å². The molecule has 0 aliphatic carbocycles. The molecule has 144 valence electrons. The molecule has 0 aromatic rings. The number of halogens is 4. The van der Waals surface area contributed by atoms with Gasteiger partial charge in [-0.05, 0) is 26.2 Å². The first-order valence-electron chi connectivity index (χ1n) is 8.40. The van der Waals surface area contributed by atoms with Gasteiger partial charge in [0.05, 0.1) is 13.2 Å². The van der Waals surface area contributed by atoms with E-state index in [1.807, 2.05) is 6.92 Å². The summed E-state index contributed by atoms with van der Waals surface area (Å²) in [6.07, 6.45) is -3.19. The molecule has 0 atom stereocenters. The summed E-state index contributed by atoms with van der Waals surface area (Å²) in [6, 6.07) is 0. The fraction of sp³-hybridized carbons (Fsp3) is 0.933. The summed E-state index contributed by atoms with van der Waals surface area (Å²) in [6.45, 7) is 8.45. The summed E-state index contributed by atoms with van der Waals surface area (Å²) < 4.78 is 41.5. The SMILES string of the molecule is CCNC(=NCCCN1CCOCC1)NCCCCC(F)(F)F.I. The van der Waals surface area contributed by atoms with Crippen LogP contribution in [0.4, 0.5) is 13.2 Å². The van der Waals surface area contributed by atoms with Gasteiger partial charge in [0.1, 0.15) is 0 Å². The molecule has 0 aromatic carbocycles. The quantitative estimate of drug-likeness (QED) is 0.238. The minimum absolute atomic E-state index is 0. The van der Waals surface area contributed by atoms with Crippen molar-refractivity contribution >= 4 is 29.9 Å². The van der Waals surface area contributed by atoms with Crippen LogP contribution in [0.2, 0.25) is 0 Å². The van der Waals surface area contributed by atoms with Gasteiger partial charge in [-0.25, -0.2) is 0 Å². The molecule has 1 aliphatic heterocycles. The van der Waals surface area contributed by atoms with Gasteiger partial charge in [-0.15, -0.1) is 24.0 Å². The third kappa shape index (κ3) is 13.1. The zero-order valence-corrected chi connectivity index (χ0v) is 16.7. The number of guanidine groups is 1. The number of nitrogens with one attached hydrogen (secondary N) is 2. The van der Waals surface area contributed by atoms with E-state index in [2.05, 4.69) is 20.5 Å². The van der Waals surface area contributed by atoms with Crippen LogP contribution in [0.25, 0.3) is 0 Å². The van der Waals surface area contributed by atoms with Crippen LogP contribution in [0, 0.1) is 0 Å². The zero-order valence-electron chi connectivity index (χ0n) is 14.3. The molecule has 1 rings (SSSR count). The fourth-order valence-electron chi connectivity index (χ4n) is 2.31. The standard InChI is InChI=1S/C15H29F3N4O.HI/c1-2-19-14(20-7-4-3-6-15(16,17)18)21-8-5-9-22-10-12-23-13-11-22;/h2-13H2,1H3,(H2,19,20,21);1H. The van der Waals surface area contributed by atoms with Gasteiger partial charge in [0.25, 0.3) is 0 Å². The van der Waals surface area contributed by atoms with Crippen molar-refractivity contribution in [1.82, 2.24) is 15.5 Å². The Labute approximate surface area is 159 Å².